The quantitative estimate of drug-likeness (QED) is 0.767. The second-order valence-corrected chi connectivity index (χ2v) is 8.58. The van der Waals surface area contributed by atoms with E-state index in [4.69, 9.17) is 0 Å². The van der Waals surface area contributed by atoms with E-state index in [0.29, 0.717) is 18.3 Å². The van der Waals surface area contributed by atoms with Gasteiger partial charge in [0.2, 0.25) is 5.91 Å². The standard InChI is InChI=1S/C21H28FN3OS/c1-13(17-5-4-10-23-12-17)11-19(26)24-14(2)20-15(3)25-21(27-20)16-6-8-18(22)9-7-16/h6-9,13-14,17,23H,4-5,10-12H2,1-3H3,(H,24,26). The molecule has 1 aromatic heterocycles. The van der Waals surface area contributed by atoms with E-state index < -0.39 is 0 Å². The molecule has 3 atom stereocenters. The summed E-state index contributed by atoms with van der Waals surface area (Å²) in [5.41, 5.74) is 1.81. The van der Waals surface area contributed by atoms with Crippen molar-refractivity contribution in [2.45, 2.75) is 46.1 Å². The van der Waals surface area contributed by atoms with E-state index in [1.165, 1.54) is 25.0 Å². The zero-order chi connectivity index (χ0) is 19.4. The summed E-state index contributed by atoms with van der Waals surface area (Å²) in [4.78, 5) is 18.2. The predicted octanol–water partition coefficient (Wildman–Crippen LogP) is 4.46. The third-order valence-electron chi connectivity index (χ3n) is 5.34. The van der Waals surface area contributed by atoms with Crippen LogP contribution in [0.1, 0.15) is 49.7 Å². The Kier molecular flexibility index (Phi) is 6.60. The number of aryl methyl sites for hydroxylation is 1. The van der Waals surface area contributed by atoms with E-state index in [2.05, 4.69) is 22.5 Å². The number of aromatic nitrogens is 1. The van der Waals surface area contributed by atoms with Crippen LogP contribution in [-0.2, 0) is 4.79 Å². The number of benzene rings is 1. The highest BCUT2D eigenvalue weighted by Gasteiger charge is 2.23. The maximum absolute atomic E-state index is 13.1. The first-order chi connectivity index (χ1) is 12.9. The van der Waals surface area contributed by atoms with E-state index in [9.17, 15) is 9.18 Å². The Morgan fingerprint density at radius 3 is 2.78 bits per heavy atom. The minimum atomic E-state index is -0.254. The van der Waals surface area contributed by atoms with E-state index in [0.717, 1.165) is 34.2 Å². The molecule has 0 bridgehead atoms. The van der Waals surface area contributed by atoms with E-state index in [1.54, 1.807) is 23.5 Å². The second-order valence-electron chi connectivity index (χ2n) is 7.55. The number of hydrogen-bond acceptors (Lipinski definition) is 4. The number of carbonyl (C=O) groups is 1. The molecule has 3 rings (SSSR count). The first-order valence-electron chi connectivity index (χ1n) is 9.67. The molecule has 1 saturated heterocycles. The third kappa shape index (κ3) is 5.14. The molecule has 1 aromatic carbocycles. The Balaban J connectivity index is 1.61. The molecule has 2 N–H and O–H groups in total. The first kappa shape index (κ1) is 20.0. The van der Waals surface area contributed by atoms with Crippen LogP contribution in [0.4, 0.5) is 4.39 Å². The number of amides is 1. The normalized spacial score (nSPS) is 19.5. The molecule has 1 fully saturated rings. The average molecular weight is 390 g/mol. The molecule has 1 aliphatic heterocycles. The van der Waals surface area contributed by atoms with Gasteiger partial charge in [-0.2, -0.15) is 0 Å². The molecule has 1 amide bonds. The largest absolute Gasteiger partial charge is 0.349 e. The van der Waals surface area contributed by atoms with Crippen molar-refractivity contribution in [1.29, 1.82) is 0 Å². The van der Waals surface area contributed by atoms with Crippen LogP contribution in [-0.4, -0.2) is 24.0 Å². The van der Waals surface area contributed by atoms with Crippen molar-refractivity contribution in [3.8, 4) is 10.6 Å². The lowest BCUT2D eigenvalue weighted by Gasteiger charge is -2.28. The molecule has 3 unspecified atom stereocenters. The summed E-state index contributed by atoms with van der Waals surface area (Å²) >= 11 is 1.56. The van der Waals surface area contributed by atoms with Crippen LogP contribution >= 0.6 is 11.3 Å². The minimum absolute atomic E-state index is 0.0825. The molecule has 146 valence electrons. The smallest absolute Gasteiger partial charge is 0.220 e. The lowest BCUT2D eigenvalue weighted by atomic mass is 9.85. The molecule has 4 nitrogen and oxygen atoms in total. The Labute approximate surface area is 164 Å². The Bertz CT molecular complexity index is 768. The molecule has 2 heterocycles. The van der Waals surface area contributed by atoms with Gasteiger partial charge < -0.3 is 10.6 Å². The predicted molar refractivity (Wildman–Crippen MR) is 108 cm³/mol. The molecule has 0 saturated carbocycles. The summed E-state index contributed by atoms with van der Waals surface area (Å²) in [6.07, 6.45) is 2.95. The fraction of sp³-hybridized carbons (Fsp3) is 0.524. The SMILES string of the molecule is Cc1nc(-c2ccc(F)cc2)sc1C(C)NC(=O)CC(C)C1CCCNC1. The number of nitrogens with one attached hydrogen (secondary N) is 2. The van der Waals surface area contributed by atoms with Crippen LogP contribution in [0, 0.1) is 24.6 Å². The number of hydrogen-bond donors (Lipinski definition) is 2. The van der Waals surface area contributed by atoms with Gasteiger partial charge in [0.25, 0.3) is 0 Å². The fourth-order valence-electron chi connectivity index (χ4n) is 3.72. The maximum atomic E-state index is 13.1. The molecular formula is C21H28FN3OS. The van der Waals surface area contributed by atoms with Crippen LogP contribution < -0.4 is 10.6 Å². The van der Waals surface area contributed by atoms with Crippen LogP contribution in [0.2, 0.25) is 0 Å². The Hall–Kier alpha value is -1.79. The van der Waals surface area contributed by atoms with Gasteiger partial charge in [0, 0.05) is 12.0 Å². The van der Waals surface area contributed by atoms with Gasteiger partial charge in [-0.25, -0.2) is 9.37 Å². The molecule has 27 heavy (non-hydrogen) atoms. The number of piperidine rings is 1. The molecule has 0 radical (unpaired) electrons. The zero-order valence-electron chi connectivity index (χ0n) is 16.2. The van der Waals surface area contributed by atoms with Crippen molar-refractivity contribution in [3.63, 3.8) is 0 Å². The summed E-state index contributed by atoms with van der Waals surface area (Å²) in [6, 6.07) is 6.28. The van der Waals surface area contributed by atoms with Crippen LogP contribution in [0.25, 0.3) is 10.6 Å². The van der Waals surface area contributed by atoms with Gasteiger partial charge in [-0.05, 0) is 75.9 Å². The number of thiazole rings is 1. The highest BCUT2D eigenvalue weighted by molar-refractivity contribution is 7.15. The van der Waals surface area contributed by atoms with Crippen molar-refractivity contribution < 1.29 is 9.18 Å². The van der Waals surface area contributed by atoms with Gasteiger partial charge in [0.1, 0.15) is 10.8 Å². The van der Waals surface area contributed by atoms with Crippen LogP contribution in [0.5, 0.6) is 0 Å². The van der Waals surface area contributed by atoms with Gasteiger partial charge in [-0.3, -0.25) is 4.79 Å². The van der Waals surface area contributed by atoms with Crippen molar-refractivity contribution in [2.75, 3.05) is 13.1 Å². The van der Waals surface area contributed by atoms with Gasteiger partial charge >= 0.3 is 0 Å². The summed E-state index contributed by atoms with van der Waals surface area (Å²) < 4.78 is 13.1. The Morgan fingerprint density at radius 2 is 2.11 bits per heavy atom. The summed E-state index contributed by atoms with van der Waals surface area (Å²) in [6.45, 7) is 8.23. The lowest BCUT2D eigenvalue weighted by Crippen LogP contribution is -2.36. The summed E-state index contributed by atoms with van der Waals surface area (Å²) in [5.74, 6) is 0.796. The van der Waals surface area contributed by atoms with E-state index in [1.807, 2.05) is 13.8 Å². The lowest BCUT2D eigenvalue weighted by molar-refractivity contribution is -0.123. The fourth-order valence-corrected chi connectivity index (χ4v) is 4.79. The molecule has 2 aromatic rings. The first-order valence-corrected chi connectivity index (χ1v) is 10.5. The highest BCUT2D eigenvalue weighted by atomic mass is 32.1. The molecule has 6 heteroatoms. The van der Waals surface area contributed by atoms with Crippen molar-refractivity contribution in [1.82, 2.24) is 15.6 Å². The van der Waals surface area contributed by atoms with Gasteiger partial charge in [-0.1, -0.05) is 6.92 Å². The molecular weight excluding hydrogens is 361 g/mol. The summed E-state index contributed by atoms with van der Waals surface area (Å²) in [7, 11) is 0. The summed E-state index contributed by atoms with van der Waals surface area (Å²) in [5, 5.41) is 7.41. The second kappa shape index (κ2) is 8.93. The van der Waals surface area contributed by atoms with Crippen molar-refractivity contribution >= 4 is 17.2 Å². The number of halogens is 1. The number of carbonyl (C=O) groups excluding carboxylic acids is 1. The van der Waals surface area contributed by atoms with Gasteiger partial charge in [-0.15, -0.1) is 11.3 Å². The average Bonchev–Trinajstić information content (AvgIpc) is 3.04. The van der Waals surface area contributed by atoms with E-state index >= 15 is 0 Å². The van der Waals surface area contributed by atoms with Gasteiger partial charge in [0.15, 0.2) is 0 Å². The van der Waals surface area contributed by atoms with Crippen molar-refractivity contribution in [3.05, 3.63) is 40.7 Å². The zero-order valence-corrected chi connectivity index (χ0v) is 17.0. The molecule has 1 aliphatic rings. The maximum Gasteiger partial charge on any atom is 0.220 e. The Morgan fingerprint density at radius 1 is 1.37 bits per heavy atom. The van der Waals surface area contributed by atoms with Gasteiger partial charge in [0.05, 0.1) is 16.6 Å². The third-order valence-corrected chi connectivity index (χ3v) is 6.73. The highest BCUT2D eigenvalue weighted by Crippen LogP contribution is 2.32. The monoisotopic (exact) mass is 389 g/mol. The molecule has 0 aliphatic carbocycles. The molecule has 0 spiro atoms. The van der Waals surface area contributed by atoms with Crippen LogP contribution in [0.3, 0.4) is 0 Å². The number of rotatable bonds is 6. The van der Waals surface area contributed by atoms with Crippen molar-refractivity contribution in [2.24, 2.45) is 11.8 Å². The minimum Gasteiger partial charge on any atom is -0.349 e. The van der Waals surface area contributed by atoms with E-state index in [-0.39, 0.29) is 17.8 Å². The topological polar surface area (TPSA) is 54.0 Å². The number of nitrogens with zero attached hydrogens (tertiary/aromatic N) is 1. The van der Waals surface area contributed by atoms with Crippen LogP contribution in [0.15, 0.2) is 24.3 Å².